The lowest BCUT2D eigenvalue weighted by Crippen LogP contribution is -2.64. The van der Waals surface area contributed by atoms with Crippen LogP contribution in [0.2, 0.25) is 0 Å². The van der Waals surface area contributed by atoms with Crippen molar-refractivity contribution in [3.05, 3.63) is 0 Å². The summed E-state index contributed by atoms with van der Waals surface area (Å²) >= 11 is 0. The maximum Gasteiger partial charge on any atom is 0.313 e. The van der Waals surface area contributed by atoms with Crippen molar-refractivity contribution in [2.45, 2.75) is 135 Å². The lowest BCUT2D eigenvalue weighted by atomic mass is 9.92. The molecule has 0 aromatic rings. The highest BCUT2D eigenvalue weighted by molar-refractivity contribution is 5.78. The molecule has 0 aliphatic carbocycles. The predicted octanol–water partition coefficient (Wildman–Crippen LogP) is 4.76. The minimum absolute atomic E-state index is 0.439. The maximum atomic E-state index is 13.2. The summed E-state index contributed by atoms with van der Waals surface area (Å²) in [7, 11) is 0. The quantitative estimate of drug-likeness (QED) is 0.308. The number of esters is 5. The summed E-state index contributed by atoms with van der Waals surface area (Å²) in [6.07, 6.45) is -7.27. The molecule has 0 bridgehead atoms. The molecule has 1 fully saturated rings. The molecular formula is C31H52O11. The average molecular weight is 601 g/mol. The van der Waals surface area contributed by atoms with Crippen LogP contribution in [0, 0.1) is 27.1 Å². The Balaban J connectivity index is 3.82. The van der Waals surface area contributed by atoms with Crippen LogP contribution < -0.4 is 0 Å². The van der Waals surface area contributed by atoms with Crippen molar-refractivity contribution in [3.8, 4) is 0 Å². The van der Waals surface area contributed by atoms with E-state index in [1.165, 1.54) is 0 Å². The van der Waals surface area contributed by atoms with Crippen LogP contribution >= 0.6 is 0 Å². The van der Waals surface area contributed by atoms with Crippen molar-refractivity contribution in [2.75, 3.05) is 6.61 Å². The predicted molar refractivity (Wildman–Crippen MR) is 153 cm³/mol. The topological polar surface area (TPSA) is 141 Å². The average Bonchev–Trinajstić information content (AvgIpc) is 2.77. The van der Waals surface area contributed by atoms with Crippen LogP contribution in [0.25, 0.3) is 0 Å². The number of carbonyl (C=O) groups excluding carboxylic acids is 5. The Morgan fingerprint density at radius 3 is 1.12 bits per heavy atom. The normalized spacial score (nSPS) is 23.8. The van der Waals surface area contributed by atoms with Gasteiger partial charge in [0, 0.05) is 0 Å². The van der Waals surface area contributed by atoms with E-state index in [-0.39, 0.29) is 0 Å². The van der Waals surface area contributed by atoms with Gasteiger partial charge in [-0.05, 0) is 104 Å². The van der Waals surface area contributed by atoms with Crippen molar-refractivity contribution in [3.63, 3.8) is 0 Å². The smallest absolute Gasteiger partial charge is 0.313 e. The standard InChI is InChI=1S/C31H52O11/c1-27(2,3)22(32)37-16-17-18(39-23(33)28(4,5)6)19(40-24(34)29(7,8)9)20(41-25(35)30(10,11)12)21(38-17)42-26(36)31(13,14)15/h17-21H,16H2,1-15H3/t17-,18+,19+,20-,21+/m1/s1. The molecule has 0 unspecified atom stereocenters. The van der Waals surface area contributed by atoms with E-state index in [1.54, 1.807) is 104 Å². The number of ether oxygens (including phenoxy) is 6. The van der Waals surface area contributed by atoms with E-state index < -0.39 is 94.2 Å². The third kappa shape index (κ3) is 10.5. The van der Waals surface area contributed by atoms with Gasteiger partial charge in [0.1, 0.15) is 12.7 Å². The van der Waals surface area contributed by atoms with Crippen LogP contribution in [0.4, 0.5) is 0 Å². The summed E-state index contributed by atoms with van der Waals surface area (Å²) in [6, 6.07) is 0. The zero-order valence-electron chi connectivity index (χ0n) is 28.1. The van der Waals surface area contributed by atoms with E-state index >= 15 is 0 Å². The largest absolute Gasteiger partial charge is 0.462 e. The van der Waals surface area contributed by atoms with Crippen LogP contribution in [0.5, 0.6) is 0 Å². The van der Waals surface area contributed by atoms with Gasteiger partial charge >= 0.3 is 29.8 Å². The first-order chi connectivity index (χ1) is 18.6. The molecule has 5 atom stereocenters. The maximum absolute atomic E-state index is 13.2. The van der Waals surface area contributed by atoms with Crippen molar-refractivity contribution in [2.24, 2.45) is 27.1 Å². The van der Waals surface area contributed by atoms with Crippen molar-refractivity contribution in [1.82, 2.24) is 0 Å². The molecule has 0 amide bonds. The van der Waals surface area contributed by atoms with Crippen molar-refractivity contribution >= 4 is 29.8 Å². The molecule has 1 heterocycles. The second-order valence-electron chi connectivity index (χ2n) is 15.9. The summed E-state index contributed by atoms with van der Waals surface area (Å²) in [5.41, 5.74) is -4.86. The molecule has 1 saturated heterocycles. The minimum Gasteiger partial charge on any atom is -0.462 e. The molecule has 1 aliphatic rings. The second kappa shape index (κ2) is 12.9. The van der Waals surface area contributed by atoms with Gasteiger partial charge in [-0.3, -0.25) is 24.0 Å². The zero-order valence-corrected chi connectivity index (χ0v) is 28.1. The van der Waals surface area contributed by atoms with Gasteiger partial charge in [0.25, 0.3) is 0 Å². The Morgan fingerprint density at radius 2 is 0.762 bits per heavy atom. The SMILES string of the molecule is CC(C)(C)C(=O)OC[C@H]1O[C@@H](OC(=O)C(C)(C)C)[C@H](OC(=O)C(C)(C)C)[C@@H](OC(=O)C(C)(C)C)[C@H]1OC(=O)C(C)(C)C. The Bertz CT molecular complexity index is 1010. The molecule has 11 nitrogen and oxygen atoms in total. The fraction of sp³-hybridized carbons (Fsp3) is 0.839. The molecule has 0 aromatic heterocycles. The molecule has 0 aromatic carbocycles. The van der Waals surface area contributed by atoms with Gasteiger partial charge in [-0.1, -0.05) is 0 Å². The van der Waals surface area contributed by atoms with E-state index in [2.05, 4.69) is 0 Å². The van der Waals surface area contributed by atoms with Gasteiger partial charge < -0.3 is 28.4 Å². The molecule has 0 saturated carbocycles. The molecule has 242 valence electrons. The zero-order chi connectivity index (χ0) is 33.2. The van der Waals surface area contributed by atoms with Gasteiger partial charge in [-0.2, -0.15) is 0 Å². The molecule has 11 heteroatoms. The summed E-state index contributed by atoms with van der Waals surface area (Å²) in [5, 5.41) is 0. The summed E-state index contributed by atoms with van der Waals surface area (Å²) in [4.78, 5) is 65.3. The Kier molecular flexibility index (Phi) is 11.5. The van der Waals surface area contributed by atoms with Gasteiger partial charge in [0.15, 0.2) is 12.2 Å². The van der Waals surface area contributed by atoms with Crippen LogP contribution in [-0.2, 0) is 52.4 Å². The van der Waals surface area contributed by atoms with Gasteiger partial charge in [0.2, 0.25) is 12.4 Å². The molecule has 0 N–H and O–H groups in total. The van der Waals surface area contributed by atoms with E-state index in [1.807, 2.05) is 0 Å². The summed E-state index contributed by atoms with van der Waals surface area (Å²) in [6.45, 7) is 24.1. The number of rotatable bonds is 6. The highest BCUT2D eigenvalue weighted by atomic mass is 16.7. The summed E-state index contributed by atoms with van der Waals surface area (Å²) in [5.74, 6) is -3.34. The lowest BCUT2D eigenvalue weighted by Gasteiger charge is -2.45. The first-order valence-corrected chi connectivity index (χ1v) is 14.2. The Morgan fingerprint density at radius 1 is 0.452 bits per heavy atom. The van der Waals surface area contributed by atoms with Crippen LogP contribution in [0.3, 0.4) is 0 Å². The van der Waals surface area contributed by atoms with Gasteiger partial charge in [-0.15, -0.1) is 0 Å². The van der Waals surface area contributed by atoms with Gasteiger partial charge in [-0.25, -0.2) is 0 Å². The lowest BCUT2D eigenvalue weighted by molar-refractivity contribution is -0.306. The molecule has 0 spiro atoms. The van der Waals surface area contributed by atoms with Crippen LogP contribution in [0.15, 0.2) is 0 Å². The van der Waals surface area contributed by atoms with Crippen LogP contribution in [-0.4, -0.2) is 67.2 Å². The third-order valence-corrected chi connectivity index (χ3v) is 5.98. The highest BCUT2D eigenvalue weighted by Crippen LogP contribution is 2.35. The number of hydrogen-bond donors (Lipinski definition) is 0. The van der Waals surface area contributed by atoms with Crippen LogP contribution in [0.1, 0.15) is 104 Å². The van der Waals surface area contributed by atoms with Crippen molar-refractivity contribution < 1.29 is 52.4 Å². The molecule has 1 aliphatic heterocycles. The Hall–Kier alpha value is -2.69. The van der Waals surface area contributed by atoms with E-state index in [9.17, 15) is 24.0 Å². The van der Waals surface area contributed by atoms with E-state index in [4.69, 9.17) is 28.4 Å². The molecule has 1 rings (SSSR count). The van der Waals surface area contributed by atoms with Crippen molar-refractivity contribution in [1.29, 1.82) is 0 Å². The fourth-order valence-corrected chi connectivity index (χ4v) is 3.07. The number of hydrogen-bond acceptors (Lipinski definition) is 11. The molecular weight excluding hydrogens is 548 g/mol. The molecule has 0 radical (unpaired) electrons. The first kappa shape index (κ1) is 37.3. The van der Waals surface area contributed by atoms with E-state index in [0.29, 0.717) is 0 Å². The monoisotopic (exact) mass is 600 g/mol. The summed E-state index contributed by atoms with van der Waals surface area (Å²) < 4.78 is 34.9. The fourth-order valence-electron chi connectivity index (χ4n) is 3.07. The first-order valence-electron chi connectivity index (χ1n) is 14.2. The Labute approximate surface area is 250 Å². The highest BCUT2D eigenvalue weighted by Gasteiger charge is 2.56. The van der Waals surface area contributed by atoms with E-state index in [0.717, 1.165) is 0 Å². The second-order valence-corrected chi connectivity index (χ2v) is 15.9. The number of carbonyl (C=O) groups is 5. The van der Waals surface area contributed by atoms with Gasteiger partial charge in [0.05, 0.1) is 27.1 Å². The third-order valence-electron chi connectivity index (χ3n) is 5.98. The molecule has 42 heavy (non-hydrogen) atoms. The minimum atomic E-state index is -1.59.